The number of aliphatic carboxylic acids is 1. The van der Waals surface area contributed by atoms with E-state index in [2.05, 4.69) is 9.71 Å². The van der Waals surface area contributed by atoms with Gasteiger partial charge >= 0.3 is 12.1 Å². The Kier molecular flexibility index (Phi) is 6.15. The SMILES string of the molecule is CC(C)C(NSc1ccc2c(c1)oc1cc(-c3nc(C(F)(F)F)c(Cl)s3)ccc12)C(=O)O. The molecule has 0 saturated carbocycles. The van der Waals surface area contributed by atoms with Crippen molar-refractivity contribution >= 4 is 62.8 Å². The van der Waals surface area contributed by atoms with Crippen molar-refractivity contribution in [2.45, 2.75) is 31.0 Å². The van der Waals surface area contributed by atoms with Gasteiger partial charge in [-0.2, -0.15) is 13.2 Å². The van der Waals surface area contributed by atoms with Crippen LogP contribution < -0.4 is 4.72 Å². The van der Waals surface area contributed by atoms with Crippen molar-refractivity contribution in [3.8, 4) is 10.6 Å². The number of halogens is 4. The highest BCUT2D eigenvalue weighted by molar-refractivity contribution is 7.97. The van der Waals surface area contributed by atoms with Crippen LogP contribution in [0.15, 0.2) is 45.7 Å². The minimum Gasteiger partial charge on any atom is -0.480 e. The van der Waals surface area contributed by atoms with Crippen LogP contribution in [0.5, 0.6) is 0 Å². The third-order valence-corrected chi connectivity index (χ3v) is 6.95. The Bertz CT molecular complexity index is 1320. The summed E-state index contributed by atoms with van der Waals surface area (Å²) in [5, 5.41) is 11.1. The zero-order valence-corrected chi connectivity index (χ0v) is 19.0. The van der Waals surface area contributed by atoms with E-state index < -0.39 is 28.2 Å². The molecule has 5 nitrogen and oxygen atoms in total. The van der Waals surface area contributed by atoms with Crippen molar-refractivity contribution in [1.29, 1.82) is 0 Å². The molecular formula is C21H16ClF3N2O3S2. The lowest BCUT2D eigenvalue weighted by atomic mass is 10.1. The quantitative estimate of drug-likeness (QED) is 0.275. The average Bonchev–Trinajstić information content (AvgIpc) is 3.26. The van der Waals surface area contributed by atoms with Gasteiger partial charge in [0.2, 0.25) is 0 Å². The molecule has 0 radical (unpaired) electrons. The number of nitrogens with one attached hydrogen (secondary N) is 1. The molecule has 0 spiro atoms. The number of benzene rings is 2. The predicted molar refractivity (Wildman–Crippen MR) is 120 cm³/mol. The van der Waals surface area contributed by atoms with Crippen LogP contribution in [0.3, 0.4) is 0 Å². The summed E-state index contributed by atoms with van der Waals surface area (Å²) in [4.78, 5) is 15.8. The van der Waals surface area contributed by atoms with Crippen LogP contribution in [0.4, 0.5) is 13.2 Å². The van der Waals surface area contributed by atoms with Crippen molar-refractivity contribution in [2.75, 3.05) is 0 Å². The second-order valence-electron chi connectivity index (χ2n) is 7.39. The molecule has 2 heterocycles. The van der Waals surface area contributed by atoms with Crippen molar-refractivity contribution in [3.63, 3.8) is 0 Å². The first-order chi connectivity index (χ1) is 15.0. The Labute approximate surface area is 193 Å². The van der Waals surface area contributed by atoms with Gasteiger partial charge in [0, 0.05) is 21.2 Å². The molecule has 1 atom stereocenters. The van der Waals surface area contributed by atoms with E-state index in [1.165, 1.54) is 11.9 Å². The number of carbonyl (C=O) groups is 1. The second-order valence-corrected chi connectivity index (χ2v) is 9.90. The van der Waals surface area contributed by atoms with Gasteiger partial charge in [0.15, 0.2) is 5.69 Å². The molecule has 0 fully saturated rings. The fourth-order valence-corrected chi connectivity index (χ4v) is 5.27. The first kappa shape index (κ1) is 22.9. The van der Waals surface area contributed by atoms with Gasteiger partial charge in [0.05, 0.1) is 0 Å². The molecule has 32 heavy (non-hydrogen) atoms. The number of rotatable bonds is 6. The van der Waals surface area contributed by atoms with E-state index in [-0.39, 0.29) is 10.9 Å². The summed E-state index contributed by atoms with van der Waals surface area (Å²) in [7, 11) is 0. The summed E-state index contributed by atoms with van der Waals surface area (Å²) in [6.45, 7) is 3.64. The molecule has 0 saturated heterocycles. The summed E-state index contributed by atoms with van der Waals surface area (Å²) < 4.78 is 47.5. The first-order valence-corrected chi connectivity index (χ1v) is 11.4. The Balaban J connectivity index is 1.65. The molecule has 11 heteroatoms. The third kappa shape index (κ3) is 4.45. The Morgan fingerprint density at radius 3 is 2.44 bits per heavy atom. The lowest BCUT2D eigenvalue weighted by Gasteiger charge is -2.16. The van der Waals surface area contributed by atoms with Crippen molar-refractivity contribution < 1.29 is 27.5 Å². The van der Waals surface area contributed by atoms with Gasteiger partial charge in [-0.3, -0.25) is 4.79 Å². The molecule has 168 valence electrons. The number of aromatic nitrogens is 1. The first-order valence-electron chi connectivity index (χ1n) is 9.40. The number of carboxylic acids is 1. The molecule has 2 aromatic carbocycles. The van der Waals surface area contributed by atoms with Gasteiger partial charge in [0.1, 0.15) is 26.6 Å². The van der Waals surface area contributed by atoms with Gasteiger partial charge < -0.3 is 9.52 Å². The van der Waals surface area contributed by atoms with E-state index in [1.54, 1.807) is 24.3 Å². The summed E-state index contributed by atoms with van der Waals surface area (Å²) in [5.41, 5.74) is 0.446. The number of thiazole rings is 1. The standard InChI is InChI=1S/C21H16ClF3N2O3S2/c1-9(2)16(20(28)29)27-32-11-4-6-13-12-5-3-10(7-14(12)30-15(13)8-11)19-26-17(18(22)31-19)21(23,24)25/h3-9,16,27H,1-2H3,(H,28,29). The molecule has 0 bridgehead atoms. The molecule has 2 aromatic heterocycles. The van der Waals surface area contributed by atoms with Crippen molar-refractivity contribution in [3.05, 3.63) is 46.4 Å². The van der Waals surface area contributed by atoms with E-state index in [9.17, 15) is 23.1 Å². The molecule has 1 unspecified atom stereocenters. The molecule has 0 aliphatic rings. The number of hydrogen-bond donors (Lipinski definition) is 2. The Morgan fingerprint density at radius 2 is 1.84 bits per heavy atom. The molecule has 4 rings (SSSR count). The van der Waals surface area contributed by atoms with Gasteiger partial charge in [-0.15, -0.1) is 11.3 Å². The zero-order valence-electron chi connectivity index (χ0n) is 16.7. The van der Waals surface area contributed by atoms with Crippen LogP contribution >= 0.6 is 34.9 Å². The second kappa shape index (κ2) is 8.58. The zero-order chi connectivity index (χ0) is 23.2. The predicted octanol–water partition coefficient (Wildman–Crippen LogP) is 7.09. The van der Waals surface area contributed by atoms with Gasteiger partial charge in [-0.05, 0) is 48.2 Å². The summed E-state index contributed by atoms with van der Waals surface area (Å²) >= 11 is 7.69. The molecule has 2 N–H and O–H groups in total. The highest BCUT2D eigenvalue weighted by atomic mass is 35.5. The molecule has 0 aliphatic heterocycles. The number of furan rings is 1. The largest absolute Gasteiger partial charge is 0.480 e. The van der Waals surface area contributed by atoms with Crippen LogP contribution in [0.1, 0.15) is 19.5 Å². The summed E-state index contributed by atoms with van der Waals surface area (Å²) in [6, 6.07) is 9.86. The molecule has 0 aliphatic carbocycles. The topological polar surface area (TPSA) is 75.4 Å². The number of carboxylic acid groups (broad SMARTS) is 1. The van der Waals surface area contributed by atoms with Gasteiger partial charge in [0.25, 0.3) is 0 Å². The van der Waals surface area contributed by atoms with E-state index in [4.69, 9.17) is 16.0 Å². The van der Waals surface area contributed by atoms with Crippen molar-refractivity contribution in [1.82, 2.24) is 9.71 Å². The van der Waals surface area contributed by atoms with E-state index in [1.807, 2.05) is 26.0 Å². The Hall–Kier alpha value is -2.27. The average molecular weight is 501 g/mol. The van der Waals surface area contributed by atoms with Crippen molar-refractivity contribution in [2.24, 2.45) is 5.92 Å². The van der Waals surface area contributed by atoms with Crippen LogP contribution in [-0.2, 0) is 11.0 Å². The maximum Gasteiger partial charge on any atom is 0.435 e. The third-order valence-electron chi connectivity index (χ3n) is 4.78. The summed E-state index contributed by atoms with van der Waals surface area (Å²) in [6.07, 6.45) is -4.62. The summed E-state index contributed by atoms with van der Waals surface area (Å²) in [5.74, 6) is -1.02. The van der Waals surface area contributed by atoms with Crippen LogP contribution in [0.2, 0.25) is 4.34 Å². The number of alkyl halides is 3. The van der Waals surface area contributed by atoms with E-state index >= 15 is 0 Å². The monoisotopic (exact) mass is 500 g/mol. The minimum absolute atomic E-state index is 0.0921. The molecule has 4 aromatic rings. The fourth-order valence-electron chi connectivity index (χ4n) is 3.16. The fraction of sp³-hybridized carbons (Fsp3) is 0.238. The number of hydrogen-bond acceptors (Lipinski definition) is 6. The minimum atomic E-state index is -4.62. The molecular weight excluding hydrogens is 485 g/mol. The molecule has 0 amide bonds. The number of fused-ring (bicyclic) bond motifs is 3. The van der Waals surface area contributed by atoms with Crippen LogP contribution in [0, 0.1) is 5.92 Å². The normalized spacial score (nSPS) is 13.3. The Morgan fingerprint density at radius 1 is 1.19 bits per heavy atom. The van der Waals surface area contributed by atoms with Gasteiger partial charge in [-0.1, -0.05) is 31.5 Å². The highest BCUT2D eigenvalue weighted by Gasteiger charge is 2.37. The lowest BCUT2D eigenvalue weighted by Crippen LogP contribution is -2.36. The van der Waals surface area contributed by atoms with Crippen LogP contribution in [0.25, 0.3) is 32.5 Å². The van der Waals surface area contributed by atoms with Gasteiger partial charge in [-0.25, -0.2) is 9.71 Å². The van der Waals surface area contributed by atoms with E-state index in [0.29, 0.717) is 16.7 Å². The maximum atomic E-state index is 13.0. The number of nitrogens with zero attached hydrogens (tertiary/aromatic N) is 1. The maximum absolute atomic E-state index is 13.0. The van der Waals surface area contributed by atoms with Crippen LogP contribution in [-0.4, -0.2) is 22.1 Å². The lowest BCUT2D eigenvalue weighted by molar-refractivity contribution is -0.141. The van der Waals surface area contributed by atoms with E-state index in [0.717, 1.165) is 27.0 Å². The smallest absolute Gasteiger partial charge is 0.435 e. The highest BCUT2D eigenvalue weighted by Crippen LogP contribution is 2.41.